The van der Waals surface area contributed by atoms with Gasteiger partial charge in [-0.15, -0.1) is 0 Å². The summed E-state index contributed by atoms with van der Waals surface area (Å²) in [7, 11) is -2.97. The molecule has 0 saturated heterocycles. The Morgan fingerprint density at radius 1 is 1.60 bits per heavy atom. The Hall–Kier alpha value is 0.720. The zero-order chi connectivity index (χ0) is 11.7. The Labute approximate surface area is 102 Å². The summed E-state index contributed by atoms with van der Waals surface area (Å²) in [5.74, 6) is 0. The van der Waals surface area contributed by atoms with Crippen LogP contribution in [0, 0.1) is 0 Å². The van der Waals surface area contributed by atoms with Crippen LogP contribution in [-0.2, 0) is 18.3 Å². The zero-order valence-electron chi connectivity index (χ0n) is 8.26. The summed E-state index contributed by atoms with van der Waals surface area (Å²) in [6.07, 6.45) is -0.460. The van der Waals surface area contributed by atoms with Crippen LogP contribution in [0.25, 0.3) is 0 Å². The van der Waals surface area contributed by atoms with Gasteiger partial charge in [0, 0.05) is 30.0 Å². The minimum atomic E-state index is -4.03. The Bertz CT molecular complexity index is 206. The summed E-state index contributed by atoms with van der Waals surface area (Å²) in [6.45, 7) is 0.305. The first-order valence-corrected chi connectivity index (χ1v) is 6.72. The average molecular weight is 355 g/mol. The average Bonchev–Trinajstić information content (AvgIpc) is 2.22. The van der Waals surface area contributed by atoms with Crippen LogP contribution in [0.4, 0.5) is 0 Å². The first kappa shape index (κ1) is 15.7. The Morgan fingerprint density at radius 3 is 2.73 bits per heavy atom. The van der Waals surface area contributed by atoms with Crippen molar-refractivity contribution < 1.29 is 28.3 Å². The van der Waals surface area contributed by atoms with Gasteiger partial charge in [-0.2, -0.15) is 0 Å². The number of hydrogen-bond donors (Lipinski definition) is 3. The zero-order valence-corrected chi connectivity index (χ0v) is 11.3. The predicted octanol–water partition coefficient (Wildman–Crippen LogP) is 0.414. The van der Waals surface area contributed by atoms with Gasteiger partial charge >= 0.3 is 7.82 Å². The third-order valence-corrected chi connectivity index (χ3v) is 2.79. The molecule has 0 bridgehead atoms. The summed E-state index contributed by atoms with van der Waals surface area (Å²) in [5.41, 5.74) is 0. The molecular weight excluding hydrogens is 340 g/mol. The number of phosphoric ester groups is 1. The summed E-state index contributed by atoms with van der Waals surface area (Å²) in [4.78, 5) is 8.97. The van der Waals surface area contributed by atoms with Gasteiger partial charge in [-0.25, -0.2) is 8.10 Å². The summed E-state index contributed by atoms with van der Waals surface area (Å²) in [6, 6.07) is 0. The van der Waals surface area contributed by atoms with Crippen molar-refractivity contribution in [2.75, 3.05) is 27.1 Å². The van der Waals surface area contributed by atoms with E-state index in [1.165, 1.54) is 0 Å². The van der Waals surface area contributed by atoms with Crippen molar-refractivity contribution in [3.8, 4) is 0 Å². The maximum Gasteiger partial charge on any atom is 0.472 e. The van der Waals surface area contributed by atoms with Crippen LogP contribution < -0.4 is 3.53 Å². The fraction of sp³-hybridized carbons (Fsp3) is 1.00. The summed E-state index contributed by atoms with van der Waals surface area (Å²) >= 11 is 1.92. The van der Waals surface area contributed by atoms with E-state index in [0.29, 0.717) is 19.8 Å². The molecule has 0 saturated carbocycles. The van der Waals surface area contributed by atoms with Gasteiger partial charge in [-0.3, -0.25) is 9.05 Å². The molecule has 0 fully saturated rings. The normalized spacial score (nSPS) is 17.3. The van der Waals surface area contributed by atoms with Crippen LogP contribution in [0.5, 0.6) is 0 Å². The maximum atomic E-state index is 11.0. The molecule has 2 atom stereocenters. The van der Waals surface area contributed by atoms with Gasteiger partial charge in [0.2, 0.25) is 0 Å². The molecule has 0 aromatic heterocycles. The van der Waals surface area contributed by atoms with Gasteiger partial charge in [-0.05, 0) is 6.42 Å². The molecule has 0 rings (SSSR count). The highest BCUT2D eigenvalue weighted by molar-refractivity contribution is 14.1. The smallest absolute Gasteiger partial charge is 0.394 e. The van der Waals surface area contributed by atoms with E-state index < -0.39 is 13.9 Å². The topological polar surface area (TPSA) is 97.3 Å². The molecular formula is C6H15INO6P. The van der Waals surface area contributed by atoms with Crippen molar-refractivity contribution in [3.63, 3.8) is 0 Å². The van der Waals surface area contributed by atoms with E-state index in [4.69, 9.17) is 14.7 Å². The molecule has 0 aliphatic carbocycles. The van der Waals surface area contributed by atoms with Gasteiger partial charge < -0.3 is 14.7 Å². The third-order valence-electron chi connectivity index (χ3n) is 1.46. The number of nitrogens with one attached hydrogen (secondary N) is 1. The lowest BCUT2D eigenvalue weighted by atomic mass is 10.3. The standard InChI is InChI=1S/C6H15INO6P/c1-12-15(10,11)14-6(4-9)2-3-13-5-8-7/h6,8-9H,2-5H2,1H3,(H,10,11). The highest BCUT2D eigenvalue weighted by Gasteiger charge is 2.24. The van der Waals surface area contributed by atoms with Crippen molar-refractivity contribution in [2.24, 2.45) is 0 Å². The number of hydrogen-bond acceptors (Lipinski definition) is 6. The van der Waals surface area contributed by atoms with Crippen molar-refractivity contribution in [1.29, 1.82) is 0 Å². The maximum absolute atomic E-state index is 11.0. The molecule has 2 unspecified atom stereocenters. The Kier molecular flexibility index (Phi) is 9.25. The van der Waals surface area contributed by atoms with Gasteiger partial charge in [0.15, 0.2) is 0 Å². The van der Waals surface area contributed by atoms with E-state index in [9.17, 15) is 4.57 Å². The molecule has 9 heteroatoms. The summed E-state index contributed by atoms with van der Waals surface area (Å²) in [5, 5.41) is 8.86. The fourth-order valence-electron chi connectivity index (χ4n) is 0.734. The van der Waals surface area contributed by atoms with Crippen LogP contribution in [0.2, 0.25) is 0 Å². The highest BCUT2D eigenvalue weighted by Crippen LogP contribution is 2.43. The number of rotatable bonds is 9. The van der Waals surface area contributed by atoms with Crippen molar-refractivity contribution >= 4 is 30.7 Å². The first-order chi connectivity index (χ1) is 7.05. The van der Waals surface area contributed by atoms with E-state index >= 15 is 0 Å². The predicted molar refractivity (Wildman–Crippen MR) is 61.4 cm³/mol. The van der Waals surface area contributed by atoms with Crippen LogP contribution in [-0.4, -0.2) is 43.2 Å². The van der Waals surface area contributed by atoms with Crippen LogP contribution in [0.15, 0.2) is 0 Å². The Balaban J connectivity index is 3.78. The van der Waals surface area contributed by atoms with Crippen LogP contribution >= 0.6 is 30.7 Å². The highest BCUT2D eigenvalue weighted by atomic mass is 127. The lowest BCUT2D eigenvalue weighted by molar-refractivity contribution is 0.0396. The number of aliphatic hydroxyl groups excluding tert-OH is 1. The van der Waals surface area contributed by atoms with Crippen molar-refractivity contribution in [2.45, 2.75) is 12.5 Å². The molecule has 3 N–H and O–H groups in total. The fourth-order valence-corrected chi connectivity index (χ4v) is 1.59. The quantitative estimate of drug-likeness (QED) is 0.181. The summed E-state index contributed by atoms with van der Waals surface area (Å²) < 4.78 is 27.6. The molecule has 0 aromatic rings. The number of ether oxygens (including phenoxy) is 1. The molecule has 92 valence electrons. The van der Waals surface area contributed by atoms with E-state index in [-0.39, 0.29) is 6.61 Å². The second kappa shape index (κ2) is 8.82. The Morgan fingerprint density at radius 2 is 2.27 bits per heavy atom. The molecule has 0 heterocycles. The lowest BCUT2D eigenvalue weighted by Crippen LogP contribution is -2.20. The SMILES string of the molecule is COP(=O)(O)OC(CO)CCOCNI. The second-order valence-corrected chi connectivity index (χ2v) is 4.81. The molecule has 0 amide bonds. The minimum Gasteiger partial charge on any atom is -0.394 e. The largest absolute Gasteiger partial charge is 0.472 e. The number of phosphoric acid groups is 1. The van der Waals surface area contributed by atoms with E-state index in [1.807, 2.05) is 22.9 Å². The van der Waals surface area contributed by atoms with Gasteiger partial charge in [0.05, 0.1) is 19.3 Å². The van der Waals surface area contributed by atoms with E-state index in [2.05, 4.69) is 12.6 Å². The van der Waals surface area contributed by atoms with Crippen molar-refractivity contribution in [1.82, 2.24) is 3.53 Å². The van der Waals surface area contributed by atoms with E-state index in [0.717, 1.165) is 7.11 Å². The molecule has 0 aliphatic rings. The molecule has 0 radical (unpaired) electrons. The van der Waals surface area contributed by atoms with Crippen molar-refractivity contribution in [3.05, 3.63) is 0 Å². The minimum absolute atomic E-state index is 0.308. The number of aliphatic hydroxyl groups is 1. The monoisotopic (exact) mass is 355 g/mol. The molecule has 0 aliphatic heterocycles. The number of halogens is 1. The van der Waals surface area contributed by atoms with Crippen LogP contribution in [0.3, 0.4) is 0 Å². The van der Waals surface area contributed by atoms with Crippen LogP contribution in [0.1, 0.15) is 6.42 Å². The van der Waals surface area contributed by atoms with Gasteiger partial charge in [0.25, 0.3) is 0 Å². The molecule has 0 aromatic carbocycles. The second-order valence-electron chi connectivity index (χ2n) is 2.54. The van der Waals surface area contributed by atoms with E-state index in [1.54, 1.807) is 0 Å². The van der Waals surface area contributed by atoms with Gasteiger partial charge in [0.1, 0.15) is 6.73 Å². The molecule has 15 heavy (non-hydrogen) atoms. The lowest BCUT2D eigenvalue weighted by Gasteiger charge is -2.17. The van der Waals surface area contributed by atoms with Gasteiger partial charge in [-0.1, -0.05) is 0 Å². The first-order valence-electron chi connectivity index (χ1n) is 4.14. The molecule has 0 spiro atoms. The third kappa shape index (κ3) is 8.52. The molecule has 7 nitrogen and oxygen atoms in total.